The Hall–Kier alpha value is -2.89. The summed E-state index contributed by atoms with van der Waals surface area (Å²) in [5.41, 5.74) is 2.13. The third kappa shape index (κ3) is 3.15. The van der Waals surface area contributed by atoms with Crippen LogP contribution in [-0.2, 0) is 11.8 Å². The van der Waals surface area contributed by atoms with Gasteiger partial charge in [0.25, 0.3) is 0 Å². The normalized spacial score (nSPS) is 12.8. The molecule has 3 aromatic rings. The highest BCUT2D eigenvalue weighted by Gasteiger charge is 2.14. The van der Waals surface area contributed by atoms with E-state index >= 15 is 0 Å². The van der Waals surface area contributed by atoms with Crippen molar-refractivity contribution in [2.24, 2.45) is 7.05 Å². The maximum Gasteiger partial charge on any atom is 0.248 e. The summed E-state index contributed by atoms with van der Waals surface area (Å²) >= 11 is 0. The molecule has 2 heterocycles. The van der Waals surface area contributed by atoms with E-state index in [-0.39, 0.29) is 11.9 Å². The smallest absolute Gasteiger partial charge is 0.248 e. The van der Waals surface area contributed by atoms with E-state index in [0.29, 0.717) is 11.7 Å². The highest BCUT2D eigenvalue weighted by Crippen LogP contribution is 2.21. The summed E-state index contributed by atoms with van der Waals surface area (Å²) in [6.07, 6.45) is 5.32. The van der Waals surface area contributed by atoms with Crippen LogP contribution in [0.3, 0.4) is 0 Å². The van der Waals surface area contributed by atoms with Crippen molar-refractivity contribution < 1.29 is 9.32 Å². The minimum atomic E-state index is -0.333. The summed E-state index contributed by atoms with van der Waals surface area (Å²) in [7, 11) is 1.99. The third-order valence-corrected chi connectivity index (χ3v) is 3.61. The van der Waals surface area contributed by atoms with Gasteiger partial charge in [-0.2, -0.15) is 4.98 Å². The Morgan fingerprint density at radius 2 is 2.17 bits per heavy atom. The van der Waals surface area contributed by atoms with E-state index in [2.05, 4.69) is 15.5 Å². The van der Waals surface area contributed by atoms with Gasteiger partial charge in [0.2, 0.25) is 11.8 Å². The number of amides is 1. The van der Waals surface area contributed by atoms with E-state index in [4.69, 9.17) is 4.52 Å². The molecule has 118 valence electrons. The number of nitrogens with zero attached hydrogens (tertiary/aromatic N) is 3. The maximum absolute atomic E-state index is 12.1. The number of rotatable bonds is 4. The molecule has 3 rings (SSSR count). The van der Waals surface area contributed by atoms with Crippen LogP contribution in [0.1, 0.15) is 30.2 Å². The van der Waals surface area contributed by atoms with Crippen molar-refractivity contribution in [2.75, 3.05) is 0 Å². The molecule has 0 aliphatic rings. The lowest BCUT2D eigenvalue weighted by Gasteiger charge is -2.06. The van der Waals surface area contributed by atoms with Gasteiger partial charge in [0, 0.05) is 35.8 Å². The van der Waals surface area contributed by atoms with Crippen LogP contribution < -0.4 is 5.32 Å². The summed E-state index contributed by atoms with van der Waals surface area (Å²) in [5.74, 6) is 0.739. The van der Waals surface area contributed by atoms with E-state index in [1.807, 2.05) is 48.2 Å². The molecule has 0 aliphatic carbocycles. The van der Waals surface area contributed by atoms with Gasteiger partial charge in [0.1, 0.15) is 6.04 Å². The Morgan fingerprint density at radius 3 is 2.91 bits per heavy atom. The number of nitrogens with one attached hydrogen (secondary N) is 1. The summed E-state index contributed by atoms with van der Waals surface area (Å²) in [6.45, 7) is 3.54. The standard InChI is InChI=1S/C17H18N4O2/c1-11(17-19-12(2)20-23-17)18-16(22)9-8-13-10-21(3)15-7-5-4-6-14(13)15/h4-11H,1-3H3,(H,18,22)/b9-8-/t11-/m1/s1. The Bertz CT molecular complexity index is 876. The Balaban J connectivity index is 1.73. The lowest BCUT2D eigenvalue weighted by molar-refractivity contribution is -0.117. The molecule has 0 saturated heterocycles. The second-order valence-corrected chi connectivity index (χ2v) is 5.46. The van der Waals surface area contributed by atoms with Gasteiger partial charge >= 0.3 is 0 Å². The number of carbonyl (C=O) groups is 1. The van der Waals surface area contributed by atoms with Crippen LogP contribution in [0.5, 0.6) is 0 Å². The molecule has 1 N–H and O–H groups in total. The molecule has 0 spiro atoms. The van der Waals surface area contributed by atoms with Crippen molar-refractivity contribution in [1.82, 2.24) is 20.0 Å². The van der Waals surface area contributed by atoms with Crippen molar-refractivity contribution in [3.05, 3.63) is 53.8 Å². The molecule has 0 aliphatic heterocycles. The van der Waals surface area contributed by atoms with Crippen molar-refractivity contribution in [3.8, 4) is 0 Å². The van der Waals surface area contributed by atoms with Crippen LogP contribution in [0.2, 0.25) is 0 Å². The zero-order valence-corrected chi connectivity index (χ0v) is 13.3. The molecular weight excluding hydrogens is 292 g/mol. The van der Waals surface area contributed by atoms with Crippen LogP contribution in [-0.4, -0.2) is 20.6 Å². The van der Waals surface area contributed by atoms with Gasteiger partial charge < -0.3 is 14.4 Å². The molecule has 0 unspecified atom stereocenters. The first-order chi connectivity index (χ1) is 11.0. The van der Waals surface area contributed by atoms with Crippen molar-refractivity contribution >= 4 is 22.9 Å². The molecular formula is C17H18N4O2. The molecule has 0 bridgehead atoms. The lowest BCUT2D eigenvalue weighted by Crippen LogP contribution is -2.24. The molecule has 1 aromatic carbocycles. The Labute approximate surface area is 133 Å². The zero-order valence-electron chi connectivity index (χ0n) is 13.3. The summed E-state index contributed by atoms with van der Waals surface area (Å²) in [5, 5.41) is 7.63. The highest BCUT2D eigenvalue weighted by atomic mass is 16.5. The quantitative estimate of drug-likeness (QED) is 0.752. The van der Waals surface area contributed by atoms with Crippen LogP contribution in [0.4, 0.5) is 0 Å². The van der Waals surface area contributed by atoms with Crippen molar-refractivity contribution in [1.29, 1.82) is 0 Å². The van der Waals surface area contributed by atoms with Crippen LogP contribution in [0.25, 0.3) is 17.0 Å². The van der Waals surface area contributed by atoms with Gasteiger partial charge in [-0.1, -0.05) is 23.4 Å². The minimum Gasteiger partial charge on any atom is -0.350 e. The number of carbonyl (C=O) groups excluding carboxylic acids is 1. The average molecular weight is 310 g/mol. The Kier molecular flexibility index (Phi) is 3.97. The molecule has 6 heteroatoms. The molecule has 1 atom stereocenters. The number of benzene rings is 1. The van der Waals surface area contributed by atoms with Gasteiger partial charge in [-0.05, 0) is 26.0 Å². The van der Waals surface area contributed by atoms with E-state index in [1.54, 1.807) is 13.8 Å². The molecule has 0 radical (unpaired) electrons. The first-order valence-electron chi connectivity index (χ1n) is 7.37. The molecule has 2 aromatic heterocycles. The molecule has 0 fully saturated rings. The van der Waals surface area contributed by atoms with E-state index in [1.165, 1.54) is 6.08 Å². The van der Waals surface area contributed by atoms with Gasteiger partial charge in [-0.25, -0.2) is 0 Å². The van der Waals surface area contributed by atoms with Gasteiger partial charge in [0.05, 0.1) is 0 Å². The second kappa shape index (κ2) is 6.08. The van der Waals surface area contributed by atoms with E-state index in [0.717, 1.165) is 16.5 Å². The lowest BCUT2D eigenvalue weighted by atomic mass is 10.1. The van der Waals surface area contributed by atoms with Crippen LogP contribution >= 0.6 is 0 Å². The fraction of sp³-hybridized carbons (Fsp3) is 0.235. The topological polar surface area (TPSA) is 73.0 Å². The number of aryl methyl sites for hydroxylation is 2. The fourth-order valence-electron chi connectivity index (χ4n) is 2.48. The number of fused-ring (bicyclic) bond motifs is 1. The summed E-state index contributed by atoms with van der Waals surface area (Å²) in [6, 6.07) is 7.74. The summed E-state index contributed by atoms with van der Waals surface area (Å²) in [4.78, 5) is 16.2. The molecule has 6 nitrogen and oxygen atoms in total. The SMILES string of the molecule is Cc1noc([C@@H](C)NC(=O)/C=C\c2cn(C)c3ccccc23)n1. The number of hydrogen-bond acceptors (Lipinski definition) is 4. The average Bonchev–Trinajstić information content (AvgIpc) is 3.10. The number of aromatic nitrogens is 3. The first kappa shape index (κ1) is 15.0. The maximum atomic E-state index is 12.1. The van der Waals surface area contributed by atoms with Crippen LogP contribution in [0, 0.1) is 6.92 Å². The highest BCUT2D eigenvalue weighted by molar-refractivity contribution is 5.96. The predicted molar refractivity (Wildman–Crippen MR) is 87.5 cm³/mol. The fourth-order valence-corrected chi connectivity index (χ4v) is 2.48. The van der Waals surface area contributed by atoms with Crippen LogP contribution in [0.15, 0.2) is 41.1 Å². The third-order valence-electron chi connectivity index (χ3n) is 3.61. The minimum absolute atomic E-state index is 0.207. The molecule has 23 heavy (non-hydrogen) atoms. The zero-order chi connectivity index (χ0) is 16.4. The van der Waals surface area contributed by atoms with E-state index in [9.17, 15) is 4.79 Å². The van der Waals surface area contributed by atoms with Crippen molar-refractivity contribution in [3.63, 3.8) is 0 Å². The van der Waals surface area contributed by atoms with Gasteiger partial charge in [-0.15, -0.1) is 0 Å². The van der Waals surface area contributed by atoms with Crippen molar-refractivity contribution in [2.45, 2.75) is 19.9 Å². The summed E-state index contributed by atoms with van der Waals surface area (Å²) < 4.78 is 7.09. The second-order valence-electron chi connectivity index (χ2n) is 5.46. The monoisotopic (exact) mass is 310 g/mol. The number of para-hydroxylation sites is 1. The Morgan fingerprint density at radius 1 is 1.39 bits per heavy atom. The largest absolute Gasteiger partial charge is 0.350 e. The number of hydrogen-bond donors (Lipinski definition) is 1. The molecule has 0 saturated carbocycles. The van der Waals surface area contributed by atoms with Gasteiger partial charge in [0.15, 0.2) is 5.82 Å². The van der Waals surface area contributed by atoms with E-state index < -0.39 is 0 Å². The first-order valence-corrected chi connectivity index (χ1v) is 7.37. The van der Waals surface area contributed by atoms with Gasteiger partial charge in [-0.3, -0.25) is 4.79 Å². The predicted octanol–water partition coefficient (Wildman–Crippen LogP) is 2.76. The molecule has 1 amide bonds.